The van der Waals surface area contributed by atoms with E-state index in [0.29, 0.717) is 11.9 Å². The third-order valence-electron chi connectivity index (χ3n) is 3.17. The van der Waals surface area contributed by atoms with E-state index in [9.17, 15) is 4.57 Å². The molecule has 5 nitrogen and oxygen atoms in total. The highest BCUT2D eigenvalue weighted by Gasteiger charge is 2.30. The van der Waals surface area contributed by atoms with Gasteiger partial charge in [0.05, 0.1) is 0 Å². The summed E-state index contributed by atoms with van der Waals surface area (Å²) in [6, 6.07) is 8.00. The first-order valence-electron chi connectivity index (χ1n) is 6.28. The lowest BCUT2D eigenvalue weighted by Gasteiger charge is -2.19. The Bertz CT molecular complexity index is 600. The van der Waals surface area contributed by atoms with Crippen LogP contribution < -0.4 is 0 Å². The van der Waals surface area contributed by atoms with Crippen molar-refractivity contribution < 1.29 is 13.6 Å². The maximum Gasteiger partial charge on any atom is 0.378 e. The van der Waals surface area contributed by atoms with Gasteiger partial charge in [-0.1, -0.05) is 24.3 Å². The number of allylic oxidation sites excluding steroid dienone is 1. The minimum absolute atomic E-state index is 0.349. The topological polar surface area (TPSA) is 51.1 Å². The second kappa shape index (κ2) is 5.92. The van der Waals surface area contributed by atoms with Crippen LogP contribution >= 0.6 is 7.60 Å². The molecule has 1 aliphatic heterocycles. The number of amidine groups is 1. The zero-order chi connectivity index (χ0) is 14.8. The fourth-order valence-electron chi connectivity index (χ4n) is 2.11. The molecule has 0 unspecified atom stereocenters. The van der Waals surface area contributed by atoms with Crippen LogP contribution in [0.3, 0.4) is 0 Å². The molecule has 0 aliphatic carbocycles. The molecule has 0 saturated heterocycles. The van der Waals surface area contributed by atoms with Gasteiger partial charge in [0.15, 0.2) is 5.44 Å². The zero-order valence-corrected chi connectivity index (χ0v) is 13.1. The van der Waals surface area contributed by atoms with E-state index in [0.717, 1.165) is 17.0 Å². The third-order valence-corrected chi connectivity index (χ3v) is 4.97. The van der Waals surface area contributed by atoms with Crippen LogP contribution in [0.5, 0.6) is 0 Å². The maximum absolute atomic E-state index is 12.5. The van der Waals surface area contributed by atoms with Crippen molar-refractivity contribution in [3.8, 4) is 0 Å². The van der Waals surface area contributed by atoms with E-state index in [4.69, 9.17) is 9.05 Å². The highest BCUT2D eigenvalue weighted by atomic mass is 31.2. The molecule has 1 heterocycles. The fourth-order valence-corrected chi connectivity index (χ4v) is 3.16. The van der Waals surface area contributed by atoms with Crippen LogP contribution in [-0.4, -0.2) is 39.1 Å². The van der Waals surface area contributed by atoms with Gasteiger partial charge < -0.3 is 13.9 Å². The molecule has 1 aromatic rings. The van der Waals surface area contributed by atoms with Gasteiger partial charge in [-0.05, 0) is 18.1 Å². The predicted molar refractivity (Wildman–Crippen MR) is 80.1 cm³/mol. The van der Waals surface area contributed by atoms with Crippen molar-refractivity contribution in [1.82, 2.24) is 4.90 Å². The van der Waals surface area contributed by atoms with Crippen LogP contribution in [0.25, 0.3) is 0 Å². The molecule has 0 saturated carbocycles. The van der Waals surface area contributed by atoms with E-state index >= 15 is 0 Å². The van der Waals surface area contributed by atoms with Gasteiger partial charge >= 0.3 is 7.60 Å². The second-order valence-corrected chi connectivity index (χ2v) is 6.80. The molecule has 0 N–H and O–H groups in total. The largest absolute Gasteiger partial charge is 0.378 e. The quantitative estimate of drug-likeness (QED) is 0.804. The lowest BCUT2D eigenvalue weighted by atomic mass is 10.0. The normalized spacial score (nSPS) is 15.0. The number of nitrogens with zero attached hydrogens (tertiary/aromatic N) is 2. The number of hydrogen-bond acceptors (Lipinski definition) is 5. The molecule has 1 aromatic carbocycles. The molecule has 0 fully saturated rings. The number of fused-ring (bicyclic) bond motifs is 1. The van der Waals surface area contributed by atoms with Crippen LogP contribution in [0.4, 0.5) is 0 Å². The number of aliphatic imine (C=N–C) groups is 1. The summed E-state index contributed by atoms with van der Waals surface area (Å²) in [6.07, 6.45) is 2.45. The molecule has 6 heteroatoms. The van der Waals surface area contributed by atoms with Crippen molar-refractivity contribution in [2.45, 2.75) is 6.42 Å². The number of hydrogen-bond donors (Lipinski definition) is 0. The Balaban J connectivity index is 2.58. The fraction of sp³-hybridized carbons (Fsp3) is 0.357. The van der Waals surface area contributed by atoms with Crippen molar-refractivity contribution in [3.05, 3.63) is 46.9 Å². The van der Waals surface area contributed by atoms with Crippen molar-refractivity contribution in [1.29, 1.82) is 0 Å². The van der Waals surface area contributed by atoms with Crippen molar-refractivity contribution in [3.63, 3.8) is 0 Å². The van der Waals surface area contributed by atoms with E-state index in [2.05, 4.69) is 4.99 Å². The molecule has 1 aliphatic rings. The lowest BCUT2D eigenvalue weighted by Crippen LogP contribution is -2.24. The minimum Gasteiger partial charge on any atom is -0.362 e. The van der Waals surface area contributed by atoms with E-state index in [1.165, 1.54) is 14.2 Å². The molecule has 2 rings (SSSR count). The van der Waals surface area contributed by atoms with E-state index < -0.39 is 7.60 Å². The Kier molecular flexibility index (Phi) is 4.43. The Morgan fingerprint density at radius 2 is 1.85 bits per heavy atom. The maximum atomic E-state index is 12.5. The summed E-state index contributed by atoms with van der Waals surface area (Å²) < 4.78 is 22.6. The molecule has 0 bridgehead atoms. The molecule has 0 spiro atoms. The van der Waals surface area contributed by atoms with E-state index in [1.54, 1.807) is 0 Å². The summed E-state index contributed by atoms with van der Waals surface area (Å²) >= 11 is 0. The van der Waals surface area contributed by atoms with Crippen LogP contribution in [0.1, 0.15) is 11.1 Å². The highest BCUT2D eigenvalue weighted by Crippen LogP contribution is 2.55. The lowest BCUT2D eigenvalue weighted by molar-refractivity contribution is 0.282. The molecule has 0 radical (unpaired) electrons. The van der Waals surface area contributed by atoms with Gasteiger partial charge in [0.25, 0.3) is 0 Å². The monoisotopic (exact) mass is 294 g/mol. The van der Waals surface area contributed by atoms with Gasteiger partial charge in [0.1, 0.15) is 5.84 Å². The highest BCUT2D eigenvalue weighted by molar-refractivity contribution is 7.58. The first-order chi connectivity index (χ1) is 9.51. The number of rotatable bonds is 3. The van der Waals surface area contributed by atoms with Gasteiger partial charge in [0, 0.05) is 33.9 Å². The van der Waals surface area contributed by atoms with Crippen molar-refractivity contribution in [2.75, 3.05) is 28.3 Å². The standard InChI is InChI=1S/C14H19N2O3P/c1-16(2)14-12-8-6-5-7-11(12)9-10-13(15-14)20(17,18-3)19-4/h5-8,10H,9H2,1-4H3. The summed E-state index contributed by atoms with van der Waals surface area (Å²) in [5.41, 5.74) is 2.51. The van der Waals surface area contributed by atoms with Gasteiger partial charge in [0.2, 0.25) is 0 Å². The molecular weight excluding hydrogens is 275 g/mol. The molecular formula is C14H19N2O3P. The SMILES string of the molecule is COP(=O)(OC)C1=CCc2ccccc2C(N(C)C)=N1. The Hall–Kier alpha value is -1.42. The van der Waals surface area contributed by atoms with Gasteiger partial charge in [-0.25, -0.2) is 4.99 Å². The molecule has 0 aromatic heterocycles. The van der Waals surface area contributed by atoms with Crippen LogP contribution in [0.2, 0.25) is 0 Å². The smallest absolute Gasteiger partial charge is 0.362 e. The second-order valence-electron chi connectivity index (χ2n) is 4.62. The predicted octanol–water partition coefficient (Wildman–Crippen LogP) is 2.88. The Labute approximate surface area is 119 Å². The number of benzene rings is 1. The average molecular weight is 294 g/mol. The van der Waals surface area contributed by atoms with E-state index in [1.807, 2.05) is 49.3 Å². The Morgan fingerprint density at radius 1 is 1.20 bits per heavy atom. The van der Waals surface area contributed by atoms with Crippen LogP contribution in [0.15, 0.2) is 40.8 Å². The molecule has 0 atom stereocenters. The summed E-state index contributed by atoms with van der Waals surface area (Å²) in [6.45, 7) is 0. The van der Waals surface area contributed by atoms with Gasteiger partial charge in [-0.2, -0.15) is 0 Å². The molecule has 0 amide bonds. The zero-order valence-electron chi connectivity index (χ0n) is 12.2. The van der Waals surface area contributed by atoms with E-state index in [-0.39, 0.29) is 0 Å². The summed E-state index contributed by atoms with van der Waals surface area (Å²) in [5.74, 6) is 0.749. The van der Waals surface area contributed by atoms with Crippen molar-refractivity contribution in [2.24, 2.45) is 4.99 Å². The summed E-state index contributed by atoms with van der Waals surface area (Å²) in [7, 11) is 3.21. The minimum atomic E-state index is -3.34. The molecule has 20 heavy (non-hydrogen) atoms. The first-order valence-corrected chi connectivity index (χ1v) is 7.82. The summed E-state index contributed by atoms with van der Waals surface area (Å²) in [5, 5.41) is 0. The van der Waals surface area contributed by atoms with Crippen molar-refractivity contribution >= 4 is 13.4 Å². The Morgan fingerprint density at radius 3 is 2.45 bits per heavy atom. The first kappa shape index (κ1) is 15.0. The van der Waals surface area contributed by atoms with Gasteiger partial charge in [-0.3, -0.25) is 4.57 Å². The molecule has 108 valence electrons. The average Bonchev–Trinajstić information content (AvgIpc) is 2.66. The van der Waals surface area contributed by atoms with Gasteiger partial charge in [-0.15, -0.1) is 0 Å². The third kappa shape index (κ3) is 2.70. The van der Waals surface area contributed by atoms with Crippen LogP contribution in [-0.2, 0) is 20.0 Å². The van der Waals surface area contributed by atoms with Crippen LogP contribution in [0, 0.1) is 0 Å². The summed E-state index contributed by atoms with van der Waals surface area (Å²) in [4.78, 5) is 6.42.